The molecule has 29 heavy (non-hydrogen) atoms. The maximum atomic E-state index is 12.7. The average molecular weight is 411 g/mol. The molecule has 1 aliphatic heterocycles. The Morgan fingerprint density at radius 2 is 1.79 bits per heavy atom. The summed E-state index contributed by atoms with van der Waals surface area (Å²) in [6.45, 7) is 1.27. The van der Waals surface area contributed by atoms with Crippen LogP contribution in [0.1, 0.15) is 56.2 Å². The van der Waals surface area contributed by atoms with Crippen LogP contribution in [0.15, 0.2) is 18.3 Å². The Morgan fingerprint density at radius 3 is 2.38 bits per heavy atom. The molecule has 0 bridgehead atoms. The van der Waals surface area contributed by atoms with E-state index in [4.69, 9.17) is 5.73 Å². The Hall–Kier alpha value is -1.96. The van der Waals surface area contributed by atoms with Crippen LogP contribution in [0.5, 0.6) is 0 Å². The third kappa shape index (κ3) is 5.78. The number of hydrogen-bond acceptors (Lipinski definition) is 4. The molecule has 8 heteroatoms. The van der Waals surface area contributed by atoms with E-state index < -0.39 is 11.7 Å². The first-order valence-corrected chi connectivity index (χ1v) is 10.3. The highest BCUT2D eigenvalue weighted by Crippen LogP contribution is 2.29. The van der Waals surface area contributed by atoms with Crippen LogP contribution in [-0.4, -0.2) is 40.7 Å². The van der Waals surface area contributed by atoms with E-state index in [1.807, 2.05) is 4.90 Å². The number of ketones is 1. The van der Waals surface area contributed by atoms with Crippen molar-refractivity contribution in [2.75, 3.05) is 13.1 Å². The SMILES string of the molecule is N[C@H]1CCCC[C@@H]1C(=O)N1CCC(CC(=O)Cc2ccc(C(F)(F)F)cn2)CC1. The highest BCUT2D eigenvalue weighted by atomic mass is 19.4. The second-order valence-corrected chi connectivity index (χ2v) is 8.28. The van der Waals surface area contributed by atoms with Gasteiger partial charge in [-0.2, -0.15) is 13.2 Å². The van der Waals surface area contributed by atoms with Gasteiger partial charge in [0.25, 0.3) is 0 Å². The molecule has 2 aliphatic rings. The number of aromatic nitrogens is 1. The van der Waals surface area contributed by atoms with Crippen LogP contribution in [0.2, 0.25) is 0 Å². The minimum absolute atomic E-state index is 0.0312. The number of rotatable bonds is 5. The Labute approximate surface area is 168 Å². The Bertz CT molecular complexity index is 713. The van der Waals surface area contributed by atoms with Gasteiger partial charge in [-0.1, -0.05) is 12.8 Å². The molecular formula is C21H28F3N3O2. The molecule has 2 N–H and O–H groups in total. The molecule has 2 fully saturated rings. The second-order valence-electron chi connectivity index (χ2n) is 8.28. The zero-order chi connectivity index (χ0) is 21.0. The van der Waals surface area contributed by atoms with Crippen molar-refractivity contribution >= 4 is 11.7 Å². The van der Waals surface area contributed by atoms with E-state index in [1.165, 1.54) is 6.07 Å². The van der Waals surface area contributed by atoms with Crippen LogP contribution >= 0.6 is 0 Å². The quantitative estimate of drug-likeness (QED) is 0.806. The number of pyridine rings is 1. The molecule has 1 aromatic heterocycles. The molecule has 5 nitrogen and oxygen atoms in total. The molecule has 0 spiro atoms. The van der Waals surface area contributed by atoms with Crippen molar-refractivity contribution in [3.63, 3.8) is 0 Å². The van der Waals surface area contributed by atoms with Crippen LogP contribution in [0.3, 0.4) is 0 Å². The summed E-state index contributed by atoms with van der Waals surface area (Å²) in [5, 5.41) is 0. The topological polar surface area (TPSA) is 76.3 Å². The van der Waals surface area contributed by atoms with E-state index in [2.05, 4.69) is 4.98 Å². The zero-order valence-electron chi connectivity index (χ0n) is 16.5. The van der Waals surface area contributed by atoms with Gasteiger partial charge < -0.3 is 10.6 Å². The van der Waals surface area contributed by atoms with Gasteiger partial charge in [0.05, 0.1) is 11.5 Å². The van der Waals surface area contributed by atoms with Crippen molar-refractivity contribution in [2.45, 2.75) is 63.6 Å². The van der Waals surface area contributed by atoms with Gasteiger partial charge in [-0.15, -0.1) is 0 Å². The van der Waals surface area contributed by atoms with Gasteiger partial charge in [0.2, 0.25) is 5.91 Å². The van der Waals surface area contributed by atoms with Crippen molar-refractivity contribution < 1.29 is 22.8 Å². The largest absolute Gasteiger partial charge is 0.417 e. The van der Waals surface area contributed by atoms with Crippen LogP contribution in [0.4, 0.5) is 13.2 Å². The molecule has 1 aromatic rings. The Morgan fingerprint density at radius 1 is 1.10 bits per heavy atom. The van der Waals surface area contributed by atoms with Crippen LogP contribution < -0.4 is 5.73 Å². The van der Waals surface area contributed by atoms with Crippen molar-refractivity contribution in [3.8, 4) is 0 Å². The van der Waals surface area contributed by atoms with E-state index in [-0.39, 0.29) is 36.0 Å². The molecule has 2 atom stereocenters. The molecule has 1 saturated heterocycles. The van der Waals surface area contributed by atoms with E-state index in [9.17, 15) is 22.8 Å². The number of alkyl halides is 3. The summed E-state index contributed by atoms with van der Waals surface area (Å²) < 4.78 is 37.7. The van der Waals surface area contributed by atoms with E-state index in [1.54, 1.807) is 0 Å². The third-order valence-electron chi connectivity index (χ3n) is 6.11. The van der Waals surface area contributed by atoms with Gasteiger partial charge in [-0.05, 0) is 43.7 Å². The molecule has 2 heterocycles. The first-order chi connectivity index (χ1) is 13.7. The van der Waals surface area contributed by atoms with E-state index in [0.29, 0.717) is 25.2 Å². The summed E-state index contributed by atoms with van der Waals surface area (Å²) in [5.41, 5.74) is 5.66. The maximum absolute atomic E-state index is 12.7. The summed E-state index contributed by atoms with van der Waals surface area (Å²) in [7, 11) is 0. The van der Waals surface area contributed by atoms with Gasteiger partial charge >= 0.3 is 6.18 Å². The highest BCUT2D eigenvalue weighted by Gasteiger charge is 2.34. The lowest BCUT2D eigenvalue weighted by molar-refractivity contribution is -0.139. The zero-order valence-corrected chi connectivity index (χ0v) is 16.5. The van der Waals surface area contributed by atoms with Crippen LogP contribution in [-0.2, 0) is 22.2 Å². The monoisotopic (exact) mass is 411 g/mol. The number of halogens is 3. The summed E-state index contributed by atoms with van der Waals surface area (Å²) in [6, 6.07) is 2.16. The predicted molar refractivity (Wildman–Crippen MR) is 102 cm³/mol. The Balaban J connectivity index is 1.44. The molecule has 0 unspecified atom stereocenters. The maximum Gasteiger partial charge on any atom is 0.417 e. The van der Waals surface area contributed by atoms with Crippen LogP contribution in [0, 0.1) is 11.8 Å². The van der Waals surface area contributed by atoms with Gasteiger partial charge in [0.1, 0.15) is 5.78 Å². The molecule has 1 amide bonds. The molecule has 3 rings (SSSR count). The number of hydrogen-bond donors (Lipinski definition) is 1. The molecule has 0 aromatic carbocycles. The summed E-state index contributed by atoms with van der Waals surface area (Å²) in [6.07, 6.45) is 2.17. The fourth-order valence-corrected chi connectivity index (χ4v) is 4.35. The predicted octanol–water partition coefficient (Wildman–Crippen LogP) is 3.36. The van der Waals surface area contributed by atoms with E-state index >= 15 is 0 Å². The summed E-state index contributed by atoms with van der Waals surface area (Å²) >= 11 is 0. The third-order valence-corrected chi connectivity index (χ3v) is 6.11. The molecule has 0 radical (unpaired) electrons. The minimum atomic E-state index is -4.43. The number of carbonyl (C=O) groups is 2. The van der Waals surface area contributed by atoms with Crippen LogP contribution in [0.25, 0.3) is 0 Å². The Kier molecular flexibility index (Phi) is 6.93. The molecule has 1 aliphatic carbocycles. The fraction of sp³-hybridized carbons (Fsp3) is 0.667. The standard InChI is InChI=1S/C21H28F3N3O2/c22-21(23,24)15-5-6-16(26-13-15)12-17(28)11-14-7-9-27(10-8-14)20(29)18-3-1-2-4-19(18)25/h5-6,13-14,18-19H,1-4,7-12,25H2/t18-,19-/m0/s1. The smallest absolute Gasteiger partial charge is 0.342 e. The molecular weight excluding hydrogens is 383 g/mol. The van der Waals surface area contributed by atoms with Crippen molar-refractivity contribution in [1.82, 2.24) is 9.88 Å². The lowest BCUT2D eigenvalue weighted by Crippen LogP contribution is -2.48. The van der Waals surface area contributed by atoms with Crippen molar-refractivity contribution in [1.29, 1.82) is 0 Å². The second kappa shape index (κ2) is 9.24. The number of nitrogens with two attached hydrogens (primary N) is 1. The lowest BCUT2D eigenvalue weighted by Gasteiger charge is -2.37. The van der Waals surface area contributed by atoms with Gasteiger partial charge in [0, 0.05) is 43.9 Å². The van der Waals surface area contributed by atoms with Crippen molar-refractivity contribution in [2.24, 2.45) is 17.6 Å². The number of amides is 1. The van der Waals surface area contributed by atoms with E-state index in [0.717, 1.165) is 50.8 Å². The summed E-state index contributed by atoms with van der Waals surface area (Å²) in [5.74, 6) is 0.237. The lowest BCUT2D eigenvalue weighted by atomic mass is 9.83. The van der Waals surface area contributed by atoms with Gasteiger partial charge in [0.15, 0.2) is 0 Å². The molecule has 1 saturated carbocycles. The first-order valence-electron chi connectivity index (χ1n) is 10.3. The number of piperidine rings is 1. The summed E-state index contributed by atoms with van der Waals surface area (Å²) in [4.78, 5) is 30.7. The normalized spacial score (nSPS) is 23.8. The number of carbonyl (C=O) groups excluding carboxylic acids is 2. The number of nitrogens with zero attached hydrogens (tertiary/aromatic N) is 2. The molecule has 160 valence electrons. The average Bonchev–Trinajstić information content (AvgIpc) is 2.68. The van der Waals surface area contributed by atoms with Gasteiger partial charge in [-0.25, -0.2) is 0 Å². The van der Waals surface area contributed by atoms with Crippen molar-refractivity contribution in [3.05, 3.63) is 29.6 Å². The number of likely N-dealkylation sites (tertiary alicyclic amines) is 1. The first kappa shape index (κ1) is 21.7. The minimum Gasteiger partial charge on any atom is -0.342 e. The number of Topliss-reactive ketones (excluding diaryl/α,β-unsaturated/α-hetero) is 1. The van der Waals surface area contributed by atoms with Gasteiger partial charge in [-0.3, -0.25) is 14.6 Å². The fourth-order valence-electron chi connectivity index (χ4n) is 4.35. The highest BCUT2D eigenvalue weighted by molar-refractivity contribution is 5.81.